The van der Waals surface area contributed by atoms with Crippen LogP contribution in [0.4, 0.5) is 9.18 Å². The maximum Gasteiger partial charge on any atom is 0.415 e. The predicted molar refractivity (Wildman–Crippen MR) is 85.8 cm³/mol. The van der Waals surface area contributed by atoms with Gasteiger partial charge in [-0.1, -0.05) is 30.3 Å². The fraction of sp³-hybridized carbons (Fsp3) is 0.278. The first-order valence-corrected chi connectivity index (χ1v) is 7.61. The lowest BCUT2D eigenvalue weighted by Crippen LogP contribution is -2.49. The van der Waals surface area contributed by atoms with Gasteiger partial charge in [0.25, 0.3) is 0 Å². The van der Waals surface area contributed by atoms with Crippen molar-refractivity contribution < 1.29 is 13.9 Å². The Morgan fingerprint density at radius 3 is 2.48 bits per heavy atom. The number of benzene rings is 2. The number of carbonyl (C=O) groups is 1. The number of hydrogen-bond acceptors (Lipinski definition) is 3. The van der Waals surface area contributed by atoms with Gasteiger partial charge in [0.15, 0.2) is 0 Å². The Kier molecular flexibility index (Phi) is 4.57. The lowest BCUT2D eigenvalue weighted by atomic mass is 10.0. The largest absolute Gasteiger partial charge is 0.415 e. The molecule has 0 aromatic heterocycles. The number of likely N-dealkylation sites (N-methyl/N-ethyl adjacent to an activating group) is 1. The molecular formula is C18H19FN2O2. The molecule has 0 bridgehead atoms. The third-order valence-electron chi connectivity index (χ3n) is 4.11. The fourth-order valence-electron chi connectivity index (χ4n) is 2.74. The second-order valence-electron chi connectivity index (χ2n) is 5.67. The van der Waals surface area contributed by atoms with E-state index in [2.05, 4.69) is 4.90 Å². The second kappa shape index (κ2) is 6.79. The summed E-state index contributed by atoms with van der Waals surface area (Å²) < 4.78 is 18.5. The summed E-state index contributed by atoms with van der Waals surface area (Å²) in [6.07, 6.45) is -0.351. The zero-order valence-corrected chi connectivity index (χ0v) is 13.0. The fourth-order valence-corrected chi connectivity index (χ4v) is 2.74. The van der Waals surface area contributed by atoms with Crippen molar-refractivity contribution in [2.45, 2.75) is 6.04 Å². The summed E-state index contributed by atoms with van der Waals surface area (Å²) in [4.78, 5) is 16.2. The number of halogens is 1. The molecule has 4 nitrogen and oxygen atoms in total. The van der Waals surface area contributed by atoms with Crippen LogP contribution in [0.3, 0.4) is 0 Å². The molecule has 1 amide bonds. The lowest BCUT2D eigenvalue weighted by molar-refractivity contribution is 0.0874. The molecule has 0 radical (unpaired) electrons. The van der Waals surface area contributed by atoms with Gasteiger partial charge >= 0.3 is 6.09 Å². The Bertz CT molecular complexity index is 660. The third-order valence-corrected chi connectivity index (χ3v) is 4.11. The average molecular weight is 314 g/mol. The van der Waals surface area contributed by atoms with E-state index in [0.29, 0.717) is 18.8 Å². The van der Waals surface area contributed by atoms with Crippen LogP contribution in [0.25, 0.3) is 0 Å². The molecule has 1 saturated heterocycles. The van der Waals surface area contributed by atoms with Crippen molar-refractivity contribution in [1.29, 1.82) is 0 Å². The molecule has 0 N–H and O–H groups in total. The quantitative estimate of drug-likeness (QED) is 0.852. The van der Waals surface area contributed by atoms with Crippen molar-refractivity contribution in [3.8, 4) is 5.75 Å². The number of amides is 1. The molecule has 2 aromatic carbocycles. The predicted octanol–water partition coefficient (Wildman–Crippen LogP) is 3.31. The summed E-state index contributed by atoms with van der Waals surface area (Å²) in [5.41, 5.74) is 0.992. The highest BCUT2D eigenvalue weighted by Crippen LogP contribution is 2.25. The van der Waals surface area contributed by atoms with Crippen molar-refractivity contribution in [3.63, 3.8) is 0 Å². The van der Waals surface area contributed by atoms with Crippen LogP contribution in [0.5, 0.6) is 5.75 Å². The van der Waals surface area contributed by atoms with Gasteiger partial charge in [0.2, 0.25) is 0 Å². The van der Waals surface area contributed by atoms with Crippen LogP contribution >= 0.6 is 0 Å². The van der Waals surface area contributed by atoms with Crippen LogP contribution in [0, 0.1) is 5.82 Å². The first-order valence-electron chi connectivity index (χ1n) is 7.61. The molecule has 1 unspecified atom stereocenters. The van der Waals surface area contributed by atoms with Gasteiger partial charge in [0.05, 0.1) is 6.04 Å². The summed E-state index contributed by atoms with van der Waals surface area (Å²) in [7, 11) is 2.01. The Balaban J connectivity index is 1.70. The Morgan fingerprint density at radius 2 is 1.78 bits per heavy atom. The van der Waals surface area contributed by atoms with E-state index in [-0.39, 0.29) is 18.0 Å². The minimum atomic E-state index is -0.351. The normalized spacial score (nSPS) is 18.7. The molecule has 3 rings (SSSR count). The van der Waals surface area contributed by atoms with E-state index in [4.69, 9.17) is 4.74 Å². The van der Waals surface area contributed by atoms with Crippen LogP contribution in [0.2, 0.25) is 0 Å². The van der Waals surface area contributed by atoms with Crippen LogP contribution < -0.4 is 4.74 Å². The summed E-state index contributed by atoms with van der Waals surface area (Å²) in [5, 5.41) is 0. The standard InChI is InChI=1S/C18H19FN2O2/c1-20-11-12-21(18(22)23-16-5-3-2-4-6-16)13-17(20)14-7-9-15(19)10-8-14/h2-10,17H,11-13H2,1H3. The van der Waals surface area contributed by atoms with Crippen molar-refractivity contribution in [3.05, 3.63) is 66.0 Å². The number of hydrogen-bond donors (Lipinski definition) is 0. The molecular weight excluding hydrogens is 295 g/mol. The summed E-state index contributed by atoms with van der Waals surface area (Å²) in [6.45, 7) is 1.87. The number of rotatable bonds is 2. The molecule has 0 aliphatic carbocycles. The molecule has 1 aliphatic rings. The van der Waals surface area contributed by atoms with E-state index in [9.17, 15) is 9.18 Å². The minimum absolute atomic E-state index is 0.0349. The van der Waals surface area contributed by atoms with E-state index < -0.39 is 0 Å². The maximum atomic E-state index is 13.1. The van der Waals surface area contributed by atoms with Crippen molar-refractivity contribution in [2.75, 3.05) is 26.7 Å². The minimum Gasteiger partial charge on any atom is -0.410 e. The lowest BCUT2D eigenvalue weighted by Gasteiger charge is -2.39. The van der Waals surface area contributed by atoms with Gasteiger partial charge in [0.1, 0.15) is 11.6 Å². The Labute approximate surface area is 135 Å². The van der Waals surface area contributed by atoms with Crippen LogP contribution in [-0.2, 0) is 0 Å². The van der Waals surface area contributed by atoms with Crippen LogP contribution in [0.1, 0.15) is 11.6 Å². The van der Waals surface area contributed by atoms with E-state index >= 15 is 0 Å². The molecule has 0 spiro atoms. The first kappa shape index (κ1) is 15.5. The van der Waals surface area contributed by atoms with E-state index in [0.717, 1.165) is 12.1 Å². The highest BCUT2D eigenvalue weighted by Gasteiger charge is 2.29. The monoisotopic (exact) mass is 314 g/mol. The zero-order valence-electron chi connectivity index (χ0n) is 13.0. The third kappa shape index (κ3) is 3.68. The van der Waals surface area contributed by atoms with Crippen molar-refractivity contribution in [1.82, 2.24) is 9.80 Å². The molecule has 1 atom stereocenters. The SMILES string of the molecule is CN1CCN(C(=O)Oc2ccccc2)CC1c1ccc(F)cc1. The van der Waals surface area contributed by atoms with Crippen molar-refractivity contribution >= 4 is 6.09 Å². The Hall–Kier alpha value is -2.40. The number of para-hydroxylation sites is 1. The molecule has 120 valence electrons. The van der Waals surface area contributed by atoms with Crippen molar-refractivity contribution in [2.24, 2.45) is 0 Å². The van der Waals surface area contributed by atoms with Gasteiger partial charge in [-0.25, -0.2) is 9.18 Å². The molecule has 0 saturated carbocycles. The summed E-state index contributed by atoms with van der Waals surface area (Å²) in [5.74, 6) is 0.280. The van der Waals surface area contributed by atoms with E-state index in [1.165, 1.54) is 12.1 Å². The second-order valence-corrected chi connectivity index (χ2v) is 5.67. The summed E-state index contributed by atoms with van der Waals surface area (Å²) in [6, 6.07) is 15.5. The van der Waals surface area contributed by atoms with Gasteiger partial charge in [-0.3, -0.25) is 4.90 Å². The topological polar surface area (TPSA) is 32.8 Å². The van der Waals surface area contributed by atoms with Gasteiger partial charge in [-0.15, -0.1) is 0 Å². The highest BCUT2D eigenvalue weighted by atomic mass is 19.1. The van der Waals surface area contributed by atoms with Gasteiger partial charge in [-0.05, 0) is 36.9 Å². The van der Waals surface area contributed by atoms with Crippen LogP contribution in [0.15, 0.2) is 54.6 Å². The number of ether oxygens (including phenoxy) is 1. The number of nitrogens with zero attached hydrogens (tertiary/aromatic N) is 2. The number of piperazine rings is 1. The molecule has 1 aliphatic heterocycles. The molecule has 1 fully saturated rings. The average Bonchev–Trinajstić information content (AvgIpc) is 2.57. The zero-order chi connectivity index (χ0) is 16.2. The highest BCUT2D eigenvalue weighted by molar-refractivity contribution is 5.70. The summed E-state index contributed by atoms with van der Waals surface area (Å²) >= 11 is 0. The molecule has 23 heavy (non-hydrogen) atoms. The van der Waals surface area contributed by atoms with E-state index in [1.54, 1.807) is 29.2 Å². The molecule has 1 heterocycles. The Morgan fingerprint density at radius 1 is 1.09 bits per heavy atom. The molecule has 5 heteroatoms. The first-order chi connectivity index (χ1) is 11.1. The number of carbonyl (C=O) groups excluding carboxylic acids is 1. The molecule has 2 aromatic rings. The van der Waals surface area contributed by atoms with E-state index in [1.807, 2.05) is 25.2 Å². The van der Waals surface area contributed by atoms with Gasteiger partial charge in [-0.2, -0.15) is 0 Å². The van der Waals surface area contributed by atoms with Gasteiger partial charge in [0, 0.05) is 19.6 Å². The van der Waals surface area contributed by atoms with Crippen LogP contribution in [-0.4, -0.2) is 42.6 Å². The smallest absolute Gasteiger partial charge is 0.410 e. The van der Waals surface area contributed by atoms with Gasteiger partial charge < -0.3 is 9.64 Å². The maximum absolute atomic E-state index is 13.1.